The molecule has 1 atom stereocenters. The molecule has 0 fully saturated rings. The summed E-state index contributed by atoms with van der Waals surface area (Å²) >= 11 is 0. The normalized spacial score (nSPS) is 13.0. The summed E-state index contributed by atoms with van der Waals surface area (Å²) in [6, 6.07) is 7.17. The van der Waals surface area contributed by atoms with Crippen LogP contribution in [0.5, 0.6) is 5.75 Å². The van der Waals surface area contributed by atoms with Crippen LogP contribution in [0.4, 0.5) is 20.3 Å². The number of alkyl halides is 2. The van der Waals surface area contributed by atoms with Gasteiger partial charge in [-0.1, -0.05) is 5.92 Å². The lowest BCUT2D eigenvalue weighted by atomic mass is 9.91. The number of rotatable bonds is 10. The number of nitrogens with zero attached hydrogens (tertiary/aromatic N) is 2. The Labute approximate surface area is 216 Å². The molecule has 0 radical (unpaired) electrons. The molecule has 0 amide bonds. The fraction of sp³-hybridized carbons (Fsp3) is 0.429. The number of ether oxygens (including phenoxy) is 2. The lowest BCUT2D eigenvalue weighted by molar-refractivity contribution is -0.168. The van der Waals surface area contributed by atoms with Gasteiger partial charge in [-0.25, -0.2) is 9.97 Å². The molecule has 37 heavy (non-hydrogen) atoms. The van der Waals surface area contributed by atoms with Gasteiger partial charge in [-0.2, -0.15) is 8.78 Å². The first-order chi connectivity index (χ1) is 17.2. The van der Waals surface area contributed by atoms with Gasteiger partial charge in [0, 0.05) is 16.6 Å². The predicted molar refractivity (Wildman–Crippen MR) is 142 cm³/mol. The van der Waals surface area contributed by atoms with Crippen LogP contribution in [0.15, 0.2) is 30.3 Å². The first-order valence-corrected chi connectivity index (χ1v) is 12.0. The molecule has 0 bridgehead atoms. The second kappa shape index (κ2) is 10.9. The number of benzene rings is 2. The quantitative estimate of drug-likeness (QED) is 0.191. The zero-order chi connectivity index (χ0) is 27.5. The van der Waals surface area contributed by atoms with E-state index in [-0.39, 0.29) is 17.4 Å². The number of hydrogen-bond donors (Lipinski definition) is 3. The maximum atomic E-state index is 14.9. The fourth-order valence-electron chi connectivity index (χ4n) is 3.80. The number of aryl methyl sites for hydroxylation is 1. The highest BCUT2D eigenvalue weighted by molar-refractivity contribution is 5.92. The van der Waals surface area contributed by atoms with Gasteiger partial charge in [0.2, 0.25) is 0 Å². The van der Waals surface area contributed by atoms with Gasteiger partial charge in [-0.15, -0.1) is 6.42 Å². The fourth-order valence-corrected chi connectivity index (χ4v) is 3.80. The monoisotopic (exact) mass is 512 g/mol. The largest absolute Gasteiger partial charge is 0.490 e. The minimum absolute atomic E-state index is 0.0805. The number of halogens is 2. The highest BCUT2D eigenvalue weighted by Gasteiger charge is 2.47. The lowest BCUT2D eigenvalue weighted by Crippen LogP contribution is -2.40. The lowest BCUT2D eigenvalue weighted by Gasteiger charge is -2.30. The smallest absolute Gasteiger partial charge is 0.300 e. The van der Waals surface area contributed by atoms with Crippen LogP contribution in [-0.4, -0.2) is 40.0 Å². The van der Waals surface area contributed by atoms with Crippen molar-refractivity contribution in [2.75, 3.05) is 24.3 Å². The van der Waals surface area contributed by atoms with Gasteiger partial charge < -0.3 is 25.6 Å². The summed E-state index contributed by atoms with van der Waals surface area (Å²) in [5, 5.41) is 14.0. The van der Waals surface area contributed by atoms with Crippen LogP contribution in [0.3, 0.4) is 0 Å². The summed E-state index contributed by atoms with van der Waals surface area (Å²) in [5.41, 5.74) is 5.15. The van der Waals surface area contributed by atoms with Crippen molar-refractivity contribution in [3.8, 4) is 18.1 Å². The molecule has 7 nitrogen and oxygen atoms in total. The molecular formula is C28H34F2N4O3. The molecule has 0 aliphatic rings. The molecule has 2 aromatic carbocycles. The Morgan fingerprint density at radius 2 is 1.81 bits per heavy atom. The van der Waals surface area contributed by atoms with Crippen molar-refractivity contribution in [1.82, 2.24) is 9.97 Å². The van der Waals surface area contributed by atoms with E-state index in [2.05, 4.69) is 21.2 Å². The Balaban J connectivity index is 1.98. The molecule has 3 rings (SSSR count). The predicted octanol–water partition coefficient (Wildman–Crippen LogP) is 5.34. The second-order valence-electron chi connectivity index (χ2n) is 9.79. The van der Waals surface area contributed by atoms with Crippen molar-refractivity contribution < 1.29 is 23.4 Å². The van der Waals surface area contributed by atoms with Gasteiger partial charge in [0.15, 0.2) is 0 Å². The summed E-state index contributed by atoms with van der Waals surface area (Å²) in [6.07, 6.45) is 5.79. The van der Waals surface area contributed by atoms with Crippen LogP contribution in [0.25, 0.3) is 10.9 Å². The Kier molecular flexibility index (Phi) is 8.25. The number of terminal acetylenes is 1. The van der Waals surface area contributed by atoms with Gasteiger partial charge in [0.1, 0.15) is 29.6 Å². The van der Waals surface area contributed by atoms with E-state index in [1.54, 1.807) is 32.0 Å². The first kappa shape index (κ1) is 28.1. The van der Waals surface area contributed by atoms with E-state index in [4.69, 9.17) is 21.6 Å². The van der Waals surface area contributed by atoms with E-state index >= 15 is 0 Å². The van der Waals surface area contributed by atoms with Crippen molar-refractivity contribution >= 4 is 22.4 Å². The SMILES string of the molecule is C#Cc1cc2nc(C)nc(N[C@H](C)c3cc(N)cc(C(F)(F)C(C)(C)O)c3)c2cc1OCCOC(C)C. The standard InChI is InChI=1S/C28H34F2N4O3/c1-8-19-13-24-23(15-25(19)37-10-9-36-16(2)3)26(34-18(5)33-24)32-17(4)20-11-21(14-22(31)12-20)28(29,30)27(6,7)35/h1,11-17,35H,9-10,31H2,2-7H3,(H,32,33,34)/t17-/m1/s1. The number of anilines is 2. The number of nitrogen functional groups attached to an aromatic ring is 1. The van der Waals surface area contributed by atoms with Crippen LogP contribution >= 0.6 is 0 Å². The van der Waals surface area contributed by atoms with Crippen molar-refractivity contribution in [3.63, 3.8) is 0 Å². The molecule has 9 heteroatoms. The van der Waals surface area contributed by atoms with E-state index in [0.717, 1.165) is 13.8 Å². The molecule has 1 aromatic heterocycles. The third-order valence-electron chi connectivity index (χ3n) is 5.82. The van der Waals surface area contributed by atoms with Crippen LogP contribution in [0.2, 0.25) is 0 Å². The minimum atomic E-state index is -3.51. The summed E-state index contributed by atoms with van der Waals surface area (Å²) in [7, 11) is 0. The highest BCUT2D eigenvalue weighted by Crippen LogP contribution is 2.40. The maximum Gasteiger partial charge on any atom is 0.300 e. The molecule has 3 aromatic rings. The average molecular weight is 513 g/mol. The maximum absolute atomic E-state index is 14.9. The molecule has 0 aliphatic carbocycles. The zero-order valence-corrected chi connectivity index (χ0v) is 22.0. The van der Waals surface area contributed by atoms with E-state index in [1.807, 2.05) is 13.8 Å². The van der Waals surface area contributed by atoms with E-state index in [0.29, 0.717) is 52.6 Å². The van der Waals surface area contributed by atoms with Crippen molar-refractivity contribution in [1.29, 1.82) is 0 Å². The Morgan fingerprint density at radius 1 is 1.11 bits per heavy atom. The van der Waals surface area contributed by atoms with Gasteiger partial charge in [0.25, 0.3) is 0 Å². The number of aliphatic hydroxyl groups is 1. The Morgan fingerprint density at radius 3 is 2.43 bits per heavy atom. The van der Waals surface area contributed by atoms with E-state index in [9.17, 15) is 13.9 Å². The van der Waals surface area contributed by atoms with Crippen molar-refractivity contribution in [2.45, 2.75) is 65.2 Å². The third kappa shape index (κ3) is 6.45. The third-order valence-corrected chi connectivity index (χ3v) is 5.82. The zero-order valence-electron chi connectivity index (χ0n) is 22.0. The van der Waals surface area contributed by atoms with Crippen LogP contribution in [0.1, 0.15) is 63.2 Å². The number of nitrogens with two attached hydrogens (primary N) is 1. The minimum Gasteiger partial charge on any atom is -0.490 e. The topological polar surface area (TPSA) is 103 Å². The molecule has 0 saturated heterocycles. The molecule has 0 saturated carbocycles. The van der Waals surface area contributed by atoms with Crippen LogP contribution in [0, 0.1) is 19.3 Å². The summed E-state index contributed by atoms with van der Waals surface area (Å²) in [4.78, 5) is 9.04. The molecular weight excluding hydrogens is 478 g/mol. The molecule has 0 unspecified atom stereocenters. The molecule has 198 valence electrons. The molecule has 0 aliphatic heterocycles. The van der Waals surface area contributed by atoms with Crippen LogP contribution in [-0.2, 0) is 10.7 Å². The summed E-state index contributed by atoms with van der Waals surface area (Å²) in [6.45, 7) is 10.3. The molecule has 1 heterocycles. The Bertz CT molecular complexity index is 1310. The van der Waals surface area contributed by atoms with Gasteiger partial charge in [0.05, 0.1) is 29.8 Å². The number of nitrogens with one attached hydrogen (secondary N) is 1. The van der Waals surface area contributed by atoms with Gasteiger partial charge in [-0.05, 0) is 77.4 Å². The average Bonchev–Trinajstić information content (AvgIpc) is 2.80. The van der Waals surface area contributed by atoms with Gasteiger partial charge in [-0.3, -0.25) is 0 Å². The van der Waals surface area contributed by atoms with Gasteiger partial charge >= 0.3 is 5.92 Å². The van der Waals surface area contributed by atoms with Crippen LogP contribution < -0.4 is 15.8 Å². The first-order valence-electron chi connectivity index (χ1n) is 12.0. The highest BCUT2D eigenvalue weighted by atomic mass is 19.3. The van der Waals surface area contributed by atoms with Crippen molar-refractivity contribution in [3.05, 3.63) is 52.8 Å². The van der Waals surface area contributed by atoms with E-state index in [1.165, 1.54) is 12.1 Å². The Hall–Kier alpha value is -3.48. The number of hydrogen-bond acceptors (Lipinski definition) is 7. The number of aromatic nitrogens is 2. The van der Waals surface area contributed by atoms with Crippen molar-refractivity contribution in [2.24, 2.45) is 0 Å². The summed E-state index contributed by atoms with van der Waals surface area (Å²) < 4.78 is 41.2. The molecule has 4 N–H and O–H groups in total. The second-order valence-corrected chi connectivity index (χ2v) is 9.79. The number of fused-ring (bicyclic) bond motifs is 1. The summed E-state index contributed by atoms with van der Waals surface area (Å²) in [5.74, 6) is 0.601. The molecule has 0 spiro atoms. The van der Waals surface area contributed by atoms with E-state index < -0.39 is 17.6 Å².